The van der Waals surface area contributed by atoms with Crippen molar-refractivity contribution < 1.29 is 15.0 Å². The van der Waals surface area contributed by atoms with E-state index < -0.39 is 17.5 Å². The summed E-state index contributed by atoms with van der Waals surface area (Å²) in [6.45, 7) is 2.70. The van der Waals surface area contributed by atoms with Gasteiger partial charge < -0.3 is 10.2 Å². The monoisotopic (exact) mass is 194 g/mol. The zero-order valence-electron chi connectivity index (χ0n) is 8.27. The Morgan fingerprint density at radius 3 is 2.29 bits per heavy atom. The van der Waals surface area contributed by atoms with Crippen molar-refractivity contribution in [2.24, 2.45) is 0 Å². The molecule has 0 fully saturated rings. The van der Waals surface area contributed by atoms with E-state index in [-0.39, 0.29) is 0 Å². The summed E-state index contributed by atoms with van der Waals surface area (Å²) >= 11 is 0. The van der Waals surface area contributed by atoms with Crippen LogP contribution in [0.15, 0.2) is 30.3 Å². The Kier molecular flexibility index (Phi) is 3.03. The molecule has 3 heteroatoms. The maximum Gasteiger partial charge on any atom is 0.196 e. The van der Waals surface area contributed by atoms with Gasteiger partial charge in [0, 0.05) is 5.56 Å². The third kappa shape index (κ3) is 2.00. The standard InChI is InChI=1S/C11H14O3/c1-8(12)11(2,14)10(13)9-6-4-3-5-7-9/h3-8,12,14H,1-2H3. The highest BCUT2D eigenvalue weighted by Gasteiger charge is 2.35. The van der Waals surface area contributed by atoms with Crippen molar-refractivity contribution in [1.82, 2.24) is 0 Å². The van der Waals surface area contributed by atoms with Gasteiger partial charge in [0.15, 0.2) is 5.78 Å². The number of rotatable bonds is 3. The minimum atomic E-state index is -1.72. The minimum absolute atomic E-state index is 0.401. The molecule has 0 aromatic heterocycles. The maximum atomic E-state index is 11.7. The molecular weight excluding hydrogens is 180 g/mol. The third-order valence-corrected chi connectivity index (χ3v) is 2.31. The number of ketones is 1. The Morgan fingerprint density at radius 1 is 1.36 bits per heavy atom. The molecule has 1 aromatic rings. The Bertz CT molecular complexity index is 315. The average molecular weight is 194 g/mol. The smallest absolute Gasteiger partial charge is 0.196 e. The second kappa shape index (κ2) is 3.90. The van der Waals surface area contributed by atoms with Gasteiger partial charge in [-0.15, -0.1) is 0 Å². The summed E-state index contributed by atoms with van der Waals surface area (Å²) in [5, 5.41) is 19.0. The fourth-order valence-electron chi connectivity index (χ4n) is 1.07. The van der Waals surface area contributed by atoms with Crippen LogP contribution in [0.5, 0.6) is 0 Å². The highest BCUT2D eigenvalue weighted by atomic mass is 16.3. The maximum absolute atomic E-state index is 11.7. The summed E-state index contributed by atoms with van der Waals surface area (Å²) < 4.78 is 0. The summed E-state index contributed by atoms with van der Waals surface area (Å²) in [6, 6.07) is 8.43. The first kappa shape index (κ1) is 10.9. The molecule has 0 heterocycles. The molecule has 0 saturated carbocycles. The number of hydrogen-bond donors (Lipinski definition) is 2. The van der Waals surface area contributed by atoms with Crippen LogP contribution in [0.3, 0.4) is 0 Å². The van der Waals surface area contributed by atoms with E-state index in [0.717, 1.165) is 0 Å². The largest absolute Gasteiger partial charge is 0.390 e. The summed E-state index contributed by atoms with van der Waals surface area (Å²) in [6.07, 6.45) is -1.09. The summed E-state index contributed by atoms with van der Waals surface area (Å²) in [5.41, 5.74) is -1.32. The van der Waals surface area contributed by atoms with Gasteiger partial charge in [-0.2, -0.15) is 0 Å². The zero-order chi connectivity index (χ0) is 10.8. The summed E-state index contributed by atoms with van der Waals surface area (Å²) in [7, 11) is 0. The van der Waals surface area contributed by atoms with Crippen molar-refractivity contribution in [2.45, 2.75) is 25.6 Å². The molecule has 76 valence electrons. The lowest BCUT2D eigenvalue weighted by molar-refractivity contribution is -0.0309. The van der Waals surface area contributed by atoms with Gasteiger partial charge in [-0.3, -0.25) is 4.79 Å². The average Bonchev–Trinajstić information content (AvgIpc) is 2.17. The first-order valence-electron chi connectivity index (χ1n) is 4.46. The number of hydrogen-bond acceptors (Lipinski definition) is 3. The lowest BCUT2D eigenvalue weighted by Gasteiger charge is -2.24. The predicted molar refractivity (Wildman–Crippen MR) is 53.1 cm³/mol. The van der Waals surface area contributed by atoms with Crippen molar-refractivity contribution in [3.63, 3.8) is 0 Å². The van der Waals surface area contributed by atoms with E-state index in [0.29, 0.717) is 5.56 Å². The van der Waals surface area contributed by atoms with E-state index in [1.165, 1.54) is 13.8 Å². The van der Waals surface area contributed by atoms with E-state index in [9.17, 15) is 15.0 Å². The summed E-state index contributed by atoms with van der Waals surface area (Å²) in [4.78, 5) is 11.7. The van der Waals surface area contributed by atoms with Crippen molar-refractivity contribution in [3.05, 3.63) is 35.9 Å². The van der Waals surface area contributed by atoms with Gasteiger partial charge >= 0.3 is 0 Å². The Labute approximate surface area is 83.0 Å². The first-order chi connectivity index (χ1) is 6.46. The lowest BCUT2D eigenvalue weighted by atomic mass is 9.90. The minimum Gasteiger partial charge on any atom is -0.390 e. The Hall–Kier alpha value is -1.19. The molecule has 0 amide bonds. The molecule has 0 aliphatic carbocycles. The van der Waals surface area contributed by atoms with E-state index in [2.05, 4.69) is 0 Å². The van der Waals surface area contributed by atoms with Gasteiger partial charge in [0.25, 0.3) is 0 Å². The molecule has 0 saturated heterocycles. The van der Waals surface area contributed by atoms with Crippen LogP contribution >= 0.6 is 0 Å². The van der Waals surface area contributed by atoms with Gasteiger partial charge in [0.2, 0.25) is 0 Å². The van der Waals surface area contributed by atoms with E-state index >= 15 is 0 Å². The Balaban J connectivity index is 2.97. The number of benzene rings is 1. The van der Waals surface area contributed by atoms with Crippen molar-refractivity contribution in [2.75, 3.05) is 0 Å². The lowest BCUT2D eigenvalue weighted by Crippen LogP contribution is -2.45. The highest BCUT2D eigenvalue weighted by molar-refractivity contribution is 6.02. The van der Waals surface area contributed by atoms with Gasteiger partial charge in [-0.1, -0.05) is 30.3 Å². The molecule has 2 N–H and O–H groups in total. The van der Waals surface area contributed by atoms with E-state index in [1.54, 1.807) is 30.3 Å². The molecule has 1 rings (SSSR count). The molecule has 0 bridgehead atoms. The van der Waals surface area contributed by atoms with Crippen LogP contribution in [-0.2, 0) is 0 Å². The number of carbonyl (C=O) groups excluding carboxylic acids is 1. The quantitative estimate of drug-likeness (QED) is 0.706. The molecular formula is C11H14O3. The molecule has 2 atom stereocenters. The van der Waals surface area contributed by atoms with E-state index in [4.69, 9.17) is 0 Å². The molecule has 3 nitrogen and oxygen atoms in total. The highest BCUT2D eigenvalue weighted by Crippen LogP contribution is 2.16. The van der Waals surface area contributed by atoms with Crippen LogP contribution < -0.4 is 0 Å². The second-order valence-corrected chi connectivity index (χ2v) is 3.52. The summed E-state index contributed by atoms with van der Waals surface area (Å²) in [5.74, 6) is -0.465. The van der Waals surface area contributed by atoms with Crippen LogP contribution in [0.2, 0.25) is 0 Å². The number of aliphatic hydroxyl groups excluding tert-OH is 1. The normalized spacial score (nSPS) is 17.1. The van der Waals surface area contributed by atoms with Crippen molar-refractivity contribution in [3.8, 4) is 0 Å². The van der Waals surface area contributed by atoms with Gasteiger partial charge in [-0.05, 0) is 13.8 Å². The van der Waals surface area contributed by atoms with Gasteiger partial charge in [0.1, 0.15) is 5.60 Å². The van der Waals surface area contributed by atoms with Crippen molar-refractivity contribution >= 4 is 5.78 Å². The third-order valence-electron chi connectivity index (χ3n) is 2.31. The number of carbonyl (C=O) groups is 1. The molecule has 0 radical (unpaired) electrons. The second-order valence-electron chi connectivity index (χ2n) is 3.52. The van der Waals surface area contributed by atoms with Crippen LogP contribution in [-0.4, -0.2) is 27.7 Å². The molecule has 1 aromatic carbocycles. The van der Waals surface area contributed by atoms with Crippen LogP contribution in [0.25, 0.3) is 0 Å². The predicted octanol–water partition coefficient (Wildman–Crippen LogP) is 1.00. The van der Waals surface area contributed by atoms with Crippen molar-refractivity contribution in [1.29, 1.82) is 0 Å². The molecule has 0 aliphatic rings. The van der Waals surface area contributed by atoms with Crippen LogP contribution in [0.1, 0.15) is 24.2 Å². The zero-order valence-corrected chi connectivity index (χ0v) is 8.27. The van der Waals surface area contributed by atoms with E-state index in [1.807, 2.05) is 0 Å². The molecule has 14 heavy (non-hydrogen) atoms. The molecule has 0 spiro atoms. The van der Waals surface area contributed by atoms with Crippen LogP contribution in [0, 0.1) is 0 Å². The fourth-order valence-corrected chi connectivity index (χ4v) is 1.07. The number of Topliss-reactive ketones (excluding diaryl/α,β-unsaturated/α-hetero) is 1. The van der Waals surface area contributed by atoms with Crippen LogP contribution in [0.4, 0.5) is 0 Å². The molecule has 2 unspecified atom stereocenters. The topological polar surface area (TPSA) is 57.5 Å². The molecule has 0 aliphatic heterocycles. The SMILES string of the molecule is CC(O)C(C)(O)C(=O)c1ccccc1. The van der Waals surface area contributed by atoms with Gasteiger partial charge in [0.05, 0.1) is 6.10 Å². The fraction of sp³-hybridized carbons (Fsp3) is 0.364. The number of aliphatic hydroxyl groups is 2. The van der Waals surface area contributed by atoms with Gasteiger partial charge in [-0.25, -0.2) is 0 Å². The first-order valence-corrected chi connectivity index (χ1v) is 4.46. The Morgan fingerprint density at radius 2 is 1.86 bits per heavy atom.